The zero-order valence-electron chi connectivity index (χ0n) is 15.7. The predicted octanol–water partition coefficient (Wildman–Crippen LogP) is 1.03. The van der Waals surface area contributed by atoms with Crippen molar-refractivity contribution in [2.75, 3.05) is 19.1 Å². The molecule has 8 heteroatoms. The van der Waals surface area contributed by atoms with Crippen LogP contribution in [0.1, 0.15) is 44.1 Å². The highest BCUT2D eigenvalue weighted by Gasteiger charge is 2.15. The zero-order chi connectivity index (χ0) is 18.3. The average Bonchev–Trinajstić information content (AvgIpc) is 2.83. The summed E-state index contributed by atoms with van der Waals surface area (Å²) < 4.78 is 24.5. The Labute approximate surface area is 145 Å². The van der Waals surface area contributed by atoms with E-state index in [9.17, 15) is 8.42 Å². The fraction of sp³-hybridized carbons (Fsp3) is 0.750. The highest BCUT2D eigenvalue weighted by atomic mass is 32.2. The quantitative estimate of drug-likeness (QED) is 0.536. The van der Waals surface area contributed by atoms with Crippen molar-refractivity contribution in [2.24, 2.45) is 12.0 Å². The molecule has 0 fully saturated rings. The minimum Gasteiger partial charge on any atom is -0.354 e. The van der Waals surface area contributed by atoms with E-state index in [-0.39, 0.29) is 11.8 Å². The summed E-state index contributed by atoms with van der Waals surface area (Å²) in [7, 11) is 0.742. The maximum atomic E-state index is 11.3. The SMILES string of the molecule is CCc1nn(C)c(CC)c1CNC(=NC)NC(C)CCS(C)(=O)=O. The molecule has 1 aromatic rings. The van der Waals surface area contributed by atoms with Gasteiger partial charge in [-0.2, -0.15) is 5.10 Å². The molecule has 0 aromatic carbocycles. The molecule has 24 heavy (non-hydrogen) atoms. The molecule has 7 nitrogen and oxygen atoms in total. The molecule has 0 spiro atoms. The van der Waals surface area contributed by atoms with E-state index in [4.69, 9.17) is 0 Å². The van der Waals surface area contributed by atoms with Gasteiger partial charge in [-0.1, -0.05) is 13.8 Å². The topological polar surface area (TPSA) is 88.4 Å². The van der Waals surface area contributed by atoms with E-state index in [0.29, 0.717) is 18.9 Å². The Morgan fingerprint density at radius 1 is 1.33 bits per heavy atom. The zero-order valence-corrected chi connectivity index (χ0v) is 16.5. The Hall–Kier alpha value is -1.57. The van der Waals surface area contributed by atoms with Gasteiger partial charge >= 0.3 is 0 Å². The number of guanidine groups is 1. The lowest BCUT2D eigenvalue weighted by Crippen LogP contribution is -2.42. The molecule has 0 bridgehead atoms. The highest BCUT2D eigenvalue weighted by Crippen LogP contribution is 2.15. The van der Waals surface area contributed by atoms with Crippen molar-refractivity contribution >= 4 is 15.8 Å². The van der Waals surface area contributed by atoms with Crippen molar-refractivity contribution < 1.29 is 8.42 Å². The molecule has 0 aliphatic heterocycles. The van der Waals surface area contributed by atoms with Crippen LogP contribution in [0, 0.1) is 0 Å². The molecular formula is C16H31N5O2S. The number of nitrogens with one attached hydrogen (secondary N) is 2. The van der Waals surface area contributed by atoms with Crippen LogP contribution in [0.3, 0.4) is 0 Å². The number of sulfone groups is 1. The summed E-state index contributed by atoms with van der Waals surface area (Å²) in [6.07, 6.45) is 3.62. The first kappa shape index (κ1) is 20.5. The number of nitrogens with zero attached hydrogens (tertiary/aromatic N) is 3. The highest BCUT2D eigenvalue weighted by molar-refractivity contribution is 7.90. The molecule has 1 heterocycles. The summed E-state index contributed by atoms with van der Waals surface area (Å²) >= 11 is 0. The molecule has 1 rings (SSSR count). The lowest BCUT2D eigenvalue weighted by molar-refractivity contribution is 0.581. The Kier molecular flexibility index (Phi) is 7.72. The number of aromatic nitrogens is 2. The van der Waals surface area contributed by atoms with E-state index in [0.717, 1.165) is 18.5 Å². The third kappa shape index (κ3) is 6.14. The second-order valence-electron chi connectivity index (χ2n) is 6.09. The van der Waals surface area contributed by atoms with E-state index < -0.39 is 9.84 Å². The van der Waals surface area contributed by atoms with Crippen LogP contribution < -0.4 is 10.6 Å². The monoisotopic (exact) mass is 357 g/mol. The Bertz CT molecular complexity index is 664. The number of aliphatic imine (C=N–C) groups is 1. The standard InChI is InChI=1S/C16H31N5O2S/c1-7-14-13(15(8-2)21(5)20-14)11-18-16(17-4)19-12(3)9-10-24(6,22)23/h12H,7-11H2,1-6H3,(H2,17,18,19). The van der Waals surface area contributed by atoms with E-state index in [1.807, 2.05) is 18.7 Å². The lowest BCUT2D eigenvalue weighted by Gasteiger charge is -2.18. The average molecular weight is 358 g/mol. The van der Waals surface area contributed by atoms with Gasteiger partial charge in [-0.25, -0.2) is 8.42 Å². The first-order valence-electron chi connectivity index (χ1n) is 8.40. The fourth-order valence-electron chi connectivity index (χ4n) is 2.66. The molecule has 0 radical (unpaired) electrons. The molecule has 0 saturated carbocycles. The summed E-state index contributed by atoms with van der Waals surface area (Å²) in [6.45, 7) is 6.83. The molecule has 1 unspecified atom stereocenters. The van der Waals surface area contributed by atoms with Crippen molar-refractivity contribution in [3.63, 3.8) is 0 Å². The van der Waals surface area contributed by atoms with Crippen molar-refractivity contribution in [3.8, 4) is 0 Å². The molecule has 2 N–H and O–H groups in total. The van der Waals surface area contributed by atoms with E-state index in [1.165, 1.54) is 17.5 Å². The fourth-order valence-corrected chi connectivity index (χ4v) is 3.44. The van der Waals surface area contributed by atoms with Crippen LogP contribution in [-0.4, -0.2) is 49.3 Å². The van der Waals surface area contributed by atoms with Crippen LogP contribution in [0.4, 0.5) is 0 Å². The molecule has 0 saturated heterocycles. The molecule has 0 aliphatic carbocycles. The summed E-state index contributed by atoms with van der Waals surface area (Å²) in [5.74, 6) is 0.838. The van der Waals surface area contributed by atoms with Gasteiger partial charge in [0.1, 0.15) is 9.84 Å². The van der Waals surface area contributed by atoms with Crippen LogP contribution in [0.25, 0.3) is 0 Å². The first-order chi connectivity index (χ1) is 11.2. The van der Waals surface area contributed by atoms with Gasteiger partial charge < -0.3 is 10.6 Å². The number of rotatable bonds is 8. The van der Waals surface area contributed by atoms with Crippen LogP contribution in [0.2, 0.25) is 0 Å². The van der Waals surface area contributed by atoms with Gasteiger partial charge in [0.25, 0.3) is 0 Å². The Balaban J connectivity index is 2.68. The largest absolute Gasteiger partial charge is 0.354 e. The lowest BCUT2D eigenvalue weighted by atomic mass is 10.1. The number of hydrogen-bond donors (Lipinski definition) is 2. The minimum atomic E-state index is -2.94. The van der Waals surface area contributed by atoms with Crippen LogP contribution in [-0.2, 0) is 36.3 Å². The van der Waals surface area contributed by atoms with Crippen molar-refractivity contribution in [3.05, 3.63) is 17.0 Å². The molecule has 0 amide bonds. The van der Waals surface area contributed by atoms with E-state index in [2.05, 4.69) is 34.6 Å². The molecular weight excluding hydrogens is 326 g/mol. The van der Waals surface area contributed by atoms with Crippen molar-refractivity contribution in [2.45, 2.75) is 52.6 Å². The second kappa shape index (κ2) is 9.05. The van der Waals surface area contributed by atoms with Crippen LogP contribution >= 0.6 is 0 Å². The summed E-state index contributed by atoms with van der Waals surface area (Å²) in [5, 5.41) is 11.1. The first-order valence-corrected chi connectivity index (χ1v) is 10.5. The maximum Gasteiger partial charge on any atom is 0.191 e. The molecule has 1 aromatic heterocycles. The van der Waals surface area contributed by atoms with Gasteiger partial charge in [0.2, 0.25) is 0 Å². The van der Waals surface area contributed by atoms with Crippen LogP contribution in [0.5, 0.6) is 0 Å². The number of aryl methyl sites for hydroxylation is 2. The third-order valence-electron chi connectivity index (χ3n) is 3.99. The van der Waals surface area contributed by atoms with E-state index >= 15 is 0 Å². The third-order valence-corrected chi connectivity index (χ3v) is 4.97. The van der Waals surface area contributed by atoms with Crippen molar-refractivity contribution in [1.82, 2.24) is 20.4 Å². The minimum absolute atomic E-state index is 0.0242. The second-order valence-corrected chi connectivity index (χ2v) is 8.35. The van der Waals surface area contributed by atoms with Crippen LogP contribution in [0.15, 0.2) is 4.99 Å². The van der Waals surface area contributed by atoms with Crippen molar-refractivity contribution in [1.29, 1.82) is 0 Å². The molecule has 1 atom stereocenters. The van der Waals surface area contributed by atoms with Gasteiger partial charge in [-0.3, -0.25) is 9.67 Å². The Morgan fingerprint density at radius 2 is 2.00 bits per heavy atom. The van der Waals surface area contributed by atoms with Gasteiger partial charge in [0.05, 0.1) is 11.4 Å². The smallest absolute Gasteiger partial charge is 0.191 e. The molecule has 0 aliphatic rings. The van der Waals surface area contributed by atoms with Gasteiger partial charge in [0.15, 0.2) is 5.96 Å². The summed E-state index contributed by atoms with van der Waals surface area (Å²) in [4.78, 5) is 4.22. The summed E-state index contributed by atoms with van der Waals surface area (Å²) in [6, 6.07) is 0.0242. The van der Waals surface area contributed by atoms with E-state index in [1.54, 1.807) is 7.05 Å². The Morgan fingerprint density at radius 3 is 2.50 bits per heavy atom. The number of hydrogen-bond acceptors (Lipinski definition) is 4. The maximum absolute atomic E-state index is 11.3. The molecule has 138 valence electrons. The van der Waals surface area contributed by atoms with Gasteiger partial charge in [0, 0.05) is 44.2 Å². The predicted molar refractivity (Wildman–Crippen MR) is 99.1 cm³/mol. The van der Waals surface area contributed by atoms with Gasteiger partial charge in [-0.05, 0) is 26.2 Å². The summed E-state index contributed by atoms with van der Waals surface area (Å²) in [5.41, 5.74) is 3.54. The normalized spacial score (nSPS) is 13.8. The van der Waals surface area contributed by atoms with Gasteiger partial charge in [-0.15, -0.1) is 0 Å².